The van der Waals surface area contributed by atoms with Gasteiger partial charge in [0.25, 0.3) is 0 Å². The first kappa shape index (κ1) is 20.8. The first-order chi connectivity index (χ1) is 14.6. The van der Waals surface area contributed by atoms with Gasteiger partial charge in [-0.3, -0.25) is 4.98 Å². The van der Waals surface area contributed by atoms with E-state index in [0.29, 0.717) is 11.7 Å². The van der Waals surface area contributed by atoms with E-state index in [4.69, 9.17) is 28.6 Å². The topological polar surface area (TPSA) is 42.3 Å². The highest BCUT2D eigenvalue weighted by Gasteiger charge is 2.40. The normalized spacial score (nSPS) is 18.6. The molecule has 0 saturated carbocycles. The summed E-state index contributed by atoms with van der Waals surface area (Å²) in [6, 6.07) is 14.4. The molecule has 8 heteroatoms. The van der Waals surface area contributed by atoms with Gasteiger partial charge in [0, 0.05) is 44.0 Å². The van der Waals surface area contributed by atoms with Gasteiger partial charge < -0.3 is 19.5 Å². The lowest BCUT2D eigenvalue weighted by atomic mass is 10.0. The van der Waals surface area contributed by atoms with Crippen LogP contribution < -0.4 is 5.32 Å². The minimum atomic E-state index is -0.439. The Morgan fingerprint density at radius 2 is 2.10 bits per heavy atom. The zero-order chi connectivity index (χ0) is 21.1. The predicted molar refractivity (Wildman–Crippen MR) is 119 cm³/mol. The van der Waals surface area contributed by atoms with E-state index in [-0.39, 0.29) is 17.1 Å². The standard InChI is InChI=1S/C22H22ClFN4OS/c1-29-13-5-12-28-21(20(26-22(28)30)18-6-2-3-10-25-18)19-7-4-11-27(19)15-8-9-17(24)16(23)14-15/h2-4,6-11,14,20-21H,5,12-13H2,1H3,(H,26,30). The lowest BCUT2D eigenvalue weighted by Crippen LogP contribution is -2.32. The minimum absolute atomic E-state index is 0.0884. The van der Waals surface area contributed by atoms with Crippen molar-refractivity contribution in [2.24, 2.45) is 0 Å². The molecule has 0 aliphatic carbocycles. The Hall–Kier alpha value is -2.48. The zero-order valence-electron chi connectivity index (χ0n) is 16.5. The number of ether oxygens (including phenoxy) is 1. The molecule has 1 aromatic carbocycles. The highest BCUT2D eigenvalue weighted by Crippen LogP contribution is 2.39. The molecule has 2 aromatic heterocycles. The van der Waals surface area contributed by atoms with E-state index in [1.165, 1.54) is 6.07 Å². The van der Waals surface area contributed by atoms with Crippen molar-refractivity contribution in [1.29, 1.82) is 0 Å². The molecule has 0 bridgehead atoms. The molecule has 30 heavy (non-hydrogen) atoms. The molecule has 4 rings (SSSR count). The van der Waals surface area contributed by atoms with E-state index in [1.54, 1.807) is 25.4 Å². The van der Waals surface area contributed by atoms with Crippen molar-refractivity contribution < 1.29 is 9.13 Å². The van der Waals surface area contributed by atoms with Gasteiger partial charge in [0.05, 0.1) is 22.8 Å². The Labute approximate surface area is 185 Å². The largest absolute Gasteiger partial charge is 0.385 e. The zero-order valence-corrected chi connectivity index (χ0v) is 18.0. The van der Waals surface area contributed by atoms with E-state index >= 15 is 0 Å². The monoisotopic (exact) mass is 444 g/mol. The molecule has 1 aliphatic heterocycles. The fourth-order valence-electron chi connectivity index (χ4n) is 3.85. The van der Waals surface area contributed by atoms with Crippen molar-refractivity contribution in [3.05, 3.63) is 83.2 Å². The summed E-state index contributed by atoms with van der Waals surface area (Å²) in [4.78, 5) is 6.73. The first-order valence-electron chi connectivity index (χ1n) is 9.70. The quantitative estimate of drug-likeness (QED) is 0.423. The van der Waals surface area contributed by atoms with Crippen molar-refractivity contribution >= 4 is 28.9 Å². The maximum absolute atomic E-state index is 13.7. The number of benzene rings is 1. The summed E-state index contributed by atoms with van der Waals surface area (Å²) in [6.07, 6.45) is 4.57. The molecule has 2 unspecified atom stereocenters. The summed E-state index contributed by atoms with van der Waals surface area (Å²) in [7, 11) is 1.69. The smallest absolute Gasteiger partial charge is 0.170 e. The van der Waals surface area contributed by atoms with Crippen LogP contribution in [0.2, 0.25) is 5.02 Å². The molecule has 0 radical (unpaired) electrons. The van der Waals surface area contributed by atoms with Gasteiger partial charge in [-0.1, -0.05) is 17.7 Å². The maximum atomic E-state index is 13.7. The Morgan fingerprint density at radius 3 is 2.83 bits per heavy atom. The van der Waals surface area contributed by atoms with Crippen LogP contribution in [0.5, 0.6) is 0 Å². The SMILES string of the molecule is COCCCN1C(=S)NC(c2ccccn2)C1c1cccn1-c1ccc(F)c(Cl)c1. The molecule has 0 amide bonds. The lowest BCUT2D eigenvalue weighted by Gasteiger charge is -2.29. The average molecular weight is 445 g/mol. The Kier molecular flexibility index (Phi) is 6.32. The summed E-state index contributed by atoms with van der Waals surface area (Å²) in [6.45, 7) is 1.39. The lowest BCUT2D eigenvalue weighted by molar-refractivity contribution is 0.180. The van der Waals surface area contributed by atoms with Crippen LogP contribution in [0.1, 0.15) is 29.9 Å². The van der Waals surface area contributed by atoms with E-state index < -0.39 is 5.82 Å². The van der Waals surface area contributed by atoms with Crippen LogP contribution in [0.4, 0.5) is 4.39 Å². The Bertz CT molecular complexity index is 1030. The fraction of sp³-hybridized carbons (Fsp3) is 0.273. The van der Waals surface area contributed by atoms with Gasteiger partial charge in [-0.25, -0.2) is 4.39 Å². The van der Waals surface area contributed by atoms with E-state index in [2.05, 4.69) is 21.3 Å². The van der Waals surface area contributed by atoms with Gasteiger partial charge in [-0.2, -0.15) is 0 Å². The highest BCUT2D eigenvalue weighted by molar-refractivity contribution is 7.80. The molecule has 3 heterocycles. The molecule has 156 valence electrons. The summed E-state index contributed by atoms with van der Waals surface area (Å²) in [5.74, 6) is -0.439. The van der Waals surface area contributed by atoms with Crippen LogP contribution in [0.3, 0.4) is 0 Å². The summed E-state index contributed by atoms with van der Waals surface area (Å²) < 4.78 is 21.0. The minimum Gasteiger partial charge on any atom is -0.385 e. The molecule has 1 saturated heterocycles. The molecule has 5 nitrogen and oxygen atoms in total. The third kappa shape index (κ3) is 4.05. The summed E-state index contributed by atoms with van der Waals surface area (Å²) in [5, 5.41) is 4.21. The van der Waals surface area contributed by atoms with Crippen LogP contribution in [0.25, 0.3) is 5.69 Å². The number of nitrogens with one attached hydrogen (secondary N) is 1. The van der Waals surface area contributed by atoms with Crippen molar-refractivity contribution in [2.45, 2.75) is 18.5 Å². The van der Waals surface area contributed by atoms with Crippen molar-refractivity contribution in [3.63, 3.8) is 0 Å². The van der Waals surface area contributed by atoms with Crippen molar-refractivity contribution in [2.75, 3.05) is 20.3 Å². The number of aromatic nitrogens is 2. The molecule has 3 aromatic rings. The van der Waals surface area contributed by atoms with Crippen LogP contribution in [0, 0.1) is 5.82 Å². The van der Waals surface area contributed by atoms with Gasteiger partial charge >= 0.3 is 0 Å². The van der Waals surface area contributed by atoms with Gasteiger partial charge in [0.15, 0.2) is 5.11 Å². The molecular weight excluding hydrogens is 423 g/mol. The second-order valence-electron chi connectivity index (χ2n) is 7.07. The maximum Gasteiger partial charge on any atom is 0.170 e. The number of hydrogen-bond acceptors (Lipinski definition) is 3. The van der Waals surface area contributed by atoms with Crippen LogP contribution in [0.15, 0.2) is 60.9 Å². The number of methoxy groups -OCH3 is 1. The van der Waals surface area contributed by atoms with Crippen LogP contribution >= 0.6 is 23.8 Å². The number of hydrogen-bond donors (Lipinski definition) is 1. The summed E-state index contributed by atoms with van der Waals surface area (Å²) >= 11 is 11.7. The second-order valence-corrected chi connectivity index (χ2v) is 7.86. The van der Waals surface area contributed by atoms with Crippen molar-refractivity contribution in [3.8, 4) is 5.69 Å². The van der Waals surface area contributed by atoms with E-state index in [0.717, 1.165) is 30.0 Å². The average Bonchev–Trinajstić information content (AvgIpc) is 3.35. The molecule has 0 spiro atoms. The molecule has 2 atom stereocenters. The number of nitrogens with zero attached hydrogens (tertiary/aromatic N) is 3. The molecule has 1 aliphatic rings. The Morgan fingerprint density at radius 1 is 1.23 bits per heavy atom. The third-order valence-corrected chi connectivity index (χ3v) is 5.85. The van der Waals surface area contributed by atoms with E-state index in [1.807, 2.05) is 35.0 Å². The van der Waals surface area contributed by atoms with Crippen molar-refractivity contribution in [1.82, 2.24) is 19.8 Å². The van der Waals surface area contributed by atoms with Crippen LogP contribution in [-0.2, 0) is 4.74 Å². The first-order valence-corrected chi connectivity index (χ1v) is 10.5. The van der Waals surface area contributed by atoms with Crippen LogP contribution in [-0.4, -0.2) is 39.8 Å². The number of rotatable bonds is 7. The molecule has 1 fully saturated rings. The fourth-order valence-corrected chi connectivity index (χ4v) is 4.36. The third-order valence-electron chi connectivity index (χ3n) is 5.21. The number of thiocarbonyl (C=S) groups is 1. The second kappa shape index (κ2) is 9.12. The number of halogens is 2. The van der Waals surface area contributed by atoms with Gasteiger partial charge in [-0.15, -0.1) is 0 Å². The predicted octanol–water partition coefficient (Wildman–Crippen LogP) is 4.67. The van der Waals surface area contributed by atoms with Gasteiger partial charge in [-0.05, 0) is 61.1 Å². The highest BCUT2D eigenvalue weighted by atomic mass is 35.5. The molecule has 1 N–H and O–H groups in total. The van der Waals surface area contributed by atoms with E-state index in [9.17, 15) is 4.39 Å². The summed E-state index contributed by atoms with van der Waals surface area (Å²) in [5.41, 5.74) is 2.71. The van der Waals surface area contributed by atoms with Gasteiger partial charge in [0.1, 0.15) is 5.82 Å². The number of pyridine rings is 1. The van der Waals surface area contributed by atoms with Gasteiger partial charge in [0.2, 0.25) is 0 Å². The molecular formula is C22H22ClFN4OS. The Balaban J connectivity index is 1.76.